The van der Waals surface area contributed by atoms with Gasteiger partial charge in [-0.15, -0.1) is 0 Å². The Kier molecular flexibility index (Phi) is 4.04. The molecule has 0 aromatic heterocycles. The van der Waals surface area contributed by atoms with Crippen LogP contribution in [-0.2, 0) is 9.53 Å². The monoisotopic (exact) mass is 263 g/mol. The van der Waals surface area contributed by atoms with Gasteiger partial charge in [-0.1, -0.05) is 0 Å². The van der Waals surface area contributed by atoms with Gasteiger partial charge in [0.2, 0.25) is 0 Å². The minimum atomic E-state index is -0.917. The highest BCUT2D eigenvalue weighted by Crippen LogP contribution is 2.22. The average Bonchev–Trinajstić information content (AvgIpc) is 2.39. The lowest BCUT2D eigenvalue weighted by Crippen LogP contribution is -2.37. The normalized spacial score (nSPS) is 16.2. The number of carboxylic acid groups (broad SMARTS) is 1. The predicted molar refractivity (Wildman–Crippen MR) is 70.4 cm³/mol. The van der Waals surface area contributed by atoms with E-state index in [4.69, 9.17) is 9.84 Å². The van der Waals surface area contributed by atoms with Crippen LogP contribution >= 0.6 is 0 Å². The van der Waals surface area contributed by atoms with E-state index in [1.165, 1.54) is 6.92 Å². The number of benzene rings is 1. The predicted octanol–water partition coefficient (Wildman–Crippen LogP) is 1.92. The van der Waals surface area contributed by atoms with Gasteiger partial charge in [0, 0.05) is 38.5 Å². The number of rotatable bonds is 3. The minimum absolute atomic E-state index is 0.00652. The zero-order chi connectivity index (χ0) is 13.8. The minimum Gasteiger partial charge on any atom is -0.478 e. The van der Waals surface area contributed by atoms with Crippen LogP contribution in [0, 0.1) is 0 Å². The van der Waals surface area contributed by atoms with Gasteiger partial charge in [-0.2, -0.15) is 0 Å². The molecule has 5 heteroatoms. The highest BCUT2D eigenvalue weighted by molar-refractivity contribution is 5.88. The number of esters is 1. The molecule has 0 atom stereocenters. The zero-order valence-electron chi connectivity index (χ0n) is 10.8. The van der Waals surface area contributed by atoms with E-state index in [2.05, 4.69) is 4.90 Å². The Labute approximate surface area is 111 Å². The highest BCUT2D eigenvalue weighted by atomic mass is 16.5. The Morgan fingerprint density at radius 1 is 1.21 bits per heavy atom. The van der Waals surface area contributed by atoms with Crippen LogP contribution < -0.4 is 4.90 Å². The number of hydrogen-bond acceptors (Lipinski definition) is 4. The molecule has 1 aromatic carbocycles. The van der Waals surface area contributed by atoms with Gasteiger partial charge in [-0.25, -0.2) is 4.79 Å². The van der Waals surface area contributed by atoms with Gasteiger partial charge >= 0.3 is 11.9 Å². The number of piperidine rings is 1. The molecule has 1 fully saturated rings. The molecule has 1 saturated heterocycles. The molecule has 0 spiro atoms. The summed E-state index contributed by atoms with van der Waals surface area (Å²) in [4.78, 5) is 23.8. The van der Waals surface area contributed by atoms with Crippen LogP contribution in [0.15, 0.2) is 24.3 Å². The molecule has 1 N–H and O–H groups in total. The number of carbonyl (C=O) groups excluding carboxylic acids is 1. The Hall–Kier alpha value is -2.04. The van der Waals surface area contributed by atoms with Gasteiger partial charge in [-0.05, 0) is 24.3 Å². The average molecular weight is 263 g/mol. The SMILES string of the molecule is CC(=O)OC1CCN(c2ccc(C(=O)O)cc2)CC1. The van der Waals surface area contributed by atoms with E-state index in [1.807, 2.05) is 12.1 Å². The lowest BCUT2D eigenvalue weighted by Gasteiger charge is -2.33. The molecule has 0 saturated carbocycles. The van der Waals surface area contributed by atoms with Crippen molar-refractivity contribution >= 4 is 17.6 Å². The van der Waals surface area contributed by atoms with Gasteiger partial charge in [0.15, 0.2) is 0 Å². The smallest absolute Gasteiger partial charge is 0.335 e. The van der Waals surface area contributed by atoms with Gasteiger partial charge in [-0.3, -0.25) is 4.79 Å². The molecule has 0 bridgehead atoms. The Bertz CT molecular complexity index is 461. The number of anilines is 1. The number of ether oxygens (including phenoxy) is 1. The topological polar surface area (TPSA) is 66.8 Å². The summed E-state index contributed by atoms with van der Waals surface area (Å²) in [7, 11) is 0. The summed E-state index contributed by atoms with van der Waals surface area (Å²) in [5.74, 6) is -1.15. The molecular weight excluding hydrogens is 246 g/mol. The first kappa shape index (κ1) is 13.4. The van der Waals surface area contributed by atoms with Crippen molar-refractivity contribution in [3.05, 3.63) is 29.8 Å². The number of carboxylic acids is 1. The first-order valence-electron chi connectivity index (χ1n) is 6.32. The second kappa shape index (κ2) is 5.73. The van der Waals surface area contributed by atoms with Crippen molar-refractivity contribution in [2.24, 2.45) is 0 Å². The van der Waals surface area contributed by atoms with Crippen LogP contribution in [-0.4, -0.2) is 36.2 Å². The molecular formula is C14H17NO4. The molecule has 5 nitrogen and oxygen atoms in total. The summed E-state index contributed by atoms with van der Waals surface area (Å²) in [6.07, 6.45) is 1.62. The maximum Gasteiger partial charge on any atom is 0.335 e. The number of hydrogen-bond donors (Lipinski definition) is 1. The standard InChI is InChI=1S/C14H17NO4/c1-10(16)19-13-6-8-15(9-7-13)12-4-2-11(3-5-12)14(17)18/h2-5,13H,6-9H2,1H3,(H,17,18). The fourth-order valence-corrected chi connectivity index (χ4v) is 2.28. The molecule has 0 aliphatic carbocycles. The molecule has 0 amide bonds. The van der Waals surface area contributed by atoms with E-state index in [0.717, 1.165) is 31.6 Å². The van der Waals surface area contributed by atoms with Crippen LogP contribution in [0.25, 0.3) is 0 Å². The fraction of sp³-hybridized carbons (Fsp3) is 0.429. The molecule has 1 heterocycles. The second-order valence-electron chi connectivity index (χ2n) is 4.65. The Morgan fingerprint density at radius 2 is 1.79 bits per heavy atom. The third-order valence-corrected chi connectivity index (χ3v) is 3.25. The lowest BCUT2D eigenvalue weighted by atomic mass is 10.1. The lowest BCUT2D eigenvalue weighted by molar-refractivity contribution is -0.147. The van der Waals surface area contributed by atoms with Crippen molar-refractivity contribution < 1.29 is 19.4 Å². The second-order valence-corrected chi connectivity index (χ2v) is 4.65. The van der Waals surface area contributed by atoms with E-state index in [9.17, 15) is 9.59 Å². The van der Waals surface area contributed by atoms with Crippen LogP contribution in [0.5, 0.6) is 0 Å². The molecule has 0 radical (unpaired) electrons. The number of carbonyl (C=O) groups is 2. The first-order valence-corrected chi connectivity index (χ1v) is 6.32. The van der Waals surface area contributed by atoms with Crippen molar-refractivity contribution in [3.8, 4) is 0 Å². The summed E-state index contributed by atoms with van der Waals surface area (Å²) in [5.41, 5.74) is 1.30. The van der Waals surface area contributed by atoms with E-state index in [1.54, 1.807) is 12.1 Å². The summed E-state index contributed by atoms with van der Waals surface area (Å²) in [5, 5.41) is 8.84. The molecule has 1 aromatic rings. The van der Waals surface area contributed by atoms with Crippen molar-refractivity contribution in [1.29, 1.82) is 0 Å². The maximum atomic E-state index is 10.9. The number of aromatic carboxylic acids is 1. The van der Waals surface area contributed by atoms with Crippen LogP contribution in [0.3, 0.4) is 0 Å². The van der Waals surface area contributed by atoms with E-state index in [-0.39, 0.29) is 12.1 Å². The van der Waals surface area contributed by atoms with E-state index in [0.29, 0.717) is 5.56 Å². The van der Waals surface area contributed by atoms with Crippen LogP contribution in [0.4, 0.5) is 5.69 Å². The molecule has 0 unspecified atom stereocenters. The largest absolute Gasteiger partial charge is 0.478 e. The first-order chi connectivity index (χ1) is 9.06. The Balaban J connectivity index is 1.94. The summed E-state index contributed by atoms with van der Waals surface area (Å²) >= 11 is 0. The maximum absolute atomic E-state index is 10.9. The van der Waals surface area contributed by atoms with Gasteiger partial charge in [0.05, 0.1) is 5.56 Å². The number of nitrogens with zero attached hydrogens (tertiary/aromatic N) is 1. The van der Waals surface area contributed by atoms with Crippen LogP contribution in [0.2, 0.25) is 0 Å². The van der Waals surface area contributed by atoms with Crippen molar-refractivity contribution in [1.82, 2.24) is 0 Å². The summed E-state index contributed by atoms with van der Waals surface area (Å²) in [6, 6.07) is 6.84. The fourth-order valence-electron chi connectivity index (χ4n) is 2.28. The van der Waals surface area contributed by atoms with Crippen molar-refractivity contribution in [3.63, 3.8) is 0 Å². The highest BCUT2D eigenvalue weighted by Gasteiger charge is 2.21. The van der Waals surface area contributed by atoms with Crippen molar-refractivity contribution in [2.75, 3.05) is 18.0 Å². The zero-order valence-corrected chi connectivity index (χ0v) is 10.8. The molecule has 1 aliphatic heterocycles. The molecule has 2 rings (SSSR count). The molecule has 102 valence electrons. The van der Waals surface area contributed by atoms with E-state index < -0.39 is 5.97 Å². The molecule has 19 heavy (non-hydrogen) atoms. The van der Waals surface area contributed by atoms with Crippen molar-refractivity contribution in [2.45, 2.75) is 25.9 Å². The third kappa shape index (κ3) is 3.47. The summed E-state index contributed by atoms with van der Waals surface area (Å²) < 4.78 is 5.18. The van der Waals surface area contributed by atoms with E-state index >= 15 is 0 Å². The van der Waals surface area contributed by atoms with Crippen LogP contribution in [0.1, 0.15) is 30.1 Å². The Morgan fingerprint density at radius 3 is 2.26 bits per heavy atom. The van der Waals surface area contributed by atoms with Gasteiger partial charge < -0.3 is 14.7 Å². The van der Waals surface area contributed by atoms with Gasteiger partial charge in [0.1, 0.15) is 6.10 Å². The quantitative estimate of drug-likeness (QED) is 0.844. The summed E-state index contributed by atoms with van der Waals surface area (Å²) in [6.45, 7) is 3.05. The third-order valence-electron chi connectivity index (χ3n) is 3.25. The molecule has 1 aliphatic rings. The van der Waals surface area contributed by atoms with Gasteiger partial charge in [0.25, 0.3) is 0 Å².